The SMILES string of the molecule is CCOc1cc(C2/C(=C(\O)c3ccc(C)cc3)C(=O)C(=O)N2CCCOC)ccc1O. The molecule has 0 aliphatic carbocycles. The van der Waals surface area contributed by atoms with Gasteiger partial charge in [-0.25, -0.2) is 0 Å². The molecule has 7 nitrogen and oxygen atoms in total. The van der Waals surface area contributed by atoms with Crippen molar-refractivity contribution in [2.24, 2.45) is 0 Å². The summed E-state index contributed by atoms with van der Waals surface area (Å²) in [5.74, 6) is -1.45. The molecule has 0 saturated carbocycles. The molecule has 1 atom stereocenters. The molecule has 3 rings (SSSR count). The summed E-state index contributed by atoms with van der Waals surface area (Å²) in [5.41, 5.74) is 2.04. The Hall–Kier alpha value is -3.32. The summed E-state index contributed by atoms with van der Waals surface area (Å²) in [7, 11) is 1.57. The van der Waals surface area contributed by atoms with E-state index >= 15 is 0 Å². The molecule has 1 amide bonds. The van der Waals surface area contributed by atoms with Crippen LogP contribution in [0, 0.1) is 6.92 Å². The standard InChI is InChI=1S/C24H27NO6/c1-4-31-19-14-17(10-11-18(19)26)21-20(22(27)16-8-6-15(2)7-9-16)23(28)24(29)25(21)12-5-13-30-3/h6-11,14,21,26-27H,4-5,12-13H2,1-3H3/b22-20+. The number of Topliss-reactive ketones (excluding diaryl/α,β-unsaturated/α-hetero) is 1. The highest BCUT2D eigenvalue weighted by Crippen LogP contribution is 2.41. The van der Waals surface area contributed by atoms with Crippen LogP contribution in [-0.2, 0) is 14.3 Å². The number of rotatable bonds is 8. The predicted molar refractivity (Wildman–Crippen MR) is 116 cm³/mol. The van der Waals surface area contributed by atoms with Gasteiger partial charge in [-0.15, -0.1) is 0 Å². The van der Waals surface area contributed by atoms with Crippen LogP contribution in [0.2, 0.25) is 0 Å². The zero-order valence-corrected chi connectivity index (χ0v) is 17.9. The molecule has 1 aliphatic heterocycles. The van der Waals surface area contributed by atoms with Crippen LogP contribution in [0.1, 0.15) is 36.1 Å². The monoisotopic (exact) mass is 425 g/mol. The quantitative estimate of drug-likeness (QED) is 0.291. The number of carbonyl (C=O) groups is 2. The minimum Gasteiger partial charge on any atom is -0.507 e. The number of methoxy groups -OCH3 is 1. The maximum Gasteiger partial charge on any atom is 0.295 e. The average Bonchev–Trinajstić information content (AvgIpc) is 3.01. The fourth-order valence-corrected chi connectivity index (χ4v) is 3.68. The van der Waals surface area contributed by atoms with E-state index in [1.807, 2.05) is 19.1 Å². The van der Waals surface area contributed by atoms with Crippen LogP contribution < -0.4 is 4.74 Å². The summed E-state index contributed by atoms with van der Waals surface area (Å²) >= 11 is 0. The first-order valence-electron chi connectivity index (χ1n) is 10.2. The Morgan fingerprint density at radius 2 is 1.84 bits per heavy atom. The van der Waals surface area contributed by atoms with Crippen molar-refractivity contribution in [3.63, 3.8) is 0 Å². The molecule has 164 valence electrons. The van der Waals surface area contributed by atoms with Crippen molar-refractivity contribution in [3.8, 4) is 11.5 Å². The van der Waals surface area contributed by atoms with Crippen LogP contribution in [0.15, 0.2) is 48.0 Å². The molecule has 31 heavy (non-hydrogen) atoms. The summed E-state index contributed by atoms with van der Waals surface area (Å²) in [6.45, 7) is 4.76. The predicted octanol–water partition coefficient (Wildman–Crippen LogP) is 3.56. The van der Waals surface area contributed by atoms with Crippen molar-refractivity contribution >= 4 is 17.4 Å². The Balaban J connectivity index is 2.14. The van der Waals surface area contributed by atoms with E-state index in [1.165, 1.54) is 11.0 Å². The van der Waals surface area contributed by atoms with Gasteiger partial charge in [0, 0.05) is 25.8 Å². The number of ether oxygens (including phenoxy) is 2. The second kappa shape index (κ2) is 9.66. The average molecular weight is 425 g/mol. The number of hydrogen-bond acceptors (Lipinski definition) is 6. The number of amides is 1. The number of carbonyl (C=O) groups excluding carboxylic acids is 2. The van der Waals surface area contributed by atoms with Gasteiger partial charge in [0.25, 0.3) is 11.7 Å². The summed E-state index contributed by atoms with van der Waals surface area (Å²) < 4.78 is 10.6. The summed E-state index contributed by atoms with van der Waals surface area (Å²) in [5, 5.41) is 21.1. The highest BCUT2D eigenvalue weighted by Gasteiger charge is 2.46. The number of ketones is 1. The molecule has 2 aromatic carbocycles. The number of hydrogen-bond donors (Lipinski definition) is 2. The molecule has 1 unspecified atom stereocenters. The van der Waals surface area contributed by atoms with Crippen molar-refractivity contribution in [1.82, 2.24) is 4.90 Å². The molecular weight excluding hydrogens is 398 g/mol. The lowest BCUT2D eigenvalue weighted by Crippen LogP contribution is -2.31. The van der Waals surface area contributed by atoms with E-state index < -0.39 is 17.7 Å². The first kappa shape index (κ1) is 22.4. The van der Waals surface area contributed by atoms with E-state index in [1.54, 1.807) is 38.3 Å². The zero-order chi connectivity index (χ0) is 22.5. The summed E-state index contributed by atoms with van der Waals surface area (Å²) in [6.07, 6.45) is 0.529. The molecule has 0 radical (unpaired) electrons. The molecule has 7 heteroatoms. The fraction of sp³-hybridized carbons (Fsp3) is 0.333. The van der Waals surface area contributed by atoms with Crippen molar-refractivity contribution in [1.29, 1.82) is 0 Å². The normalized spacial score (nSPS) is 17.9. The Morgan fingerprint density at radius 1 is 1.13 bits per heavy atom. The second-order valence-electron chi connectivity index (χ2n) is 7.37. The molecule has 1 aliphatic rings. The third-order valence-electron chi connectivity index (χ3n) is 5.21. The minimum atomic E-state index is -0.807. The highest BCUT2D eigenvalue weighted by molar-refractivity contribution is 6.46. The van der Waals surface area contributed by atoms with Gasteiger partial charge in [0.2, 0.25) is 0 Å². The maximum atomic E-state index is 13.0. The molecule has 2 aromatic rings. The lowest BCUT2D eigenvalue weighted by atomic mass is 9.94. The Kier molecular flexibility index (Phi) is 6.97. The van der Waals surface area contributed by atoms with Gasteiger partial charge in [0.15, 0.2) is 11.5 Å². The smallest absolute Gasteiger partial charge is 0.295 e. The van der Waals surface area contributed by atoms with Crippen LogP contribution >= 0.6 is 0 Å². The van der Waals surface area contributed by atoms with E-state index in [9.17, 15) is 19.8 Å². The highest BCUT2D eigenvalue weighted by atomic mass is 16.5. The van der Waals surface area contributed by atoms with E-state index in [-0.39, 0.29) is 29.4 Å². The van der Waals surface area contributed by atoms with Crippen LogP contribution in [0.3, 0.4) is 0 Å². The van der Waals surface area contributed by atoms with Crippen molar-refractivity contribution in [3.05, 3.63) is 64.7 Å². The van der Waals surface area contributed by atoms with Crippen LogP contribution in [0.25, 0.3) is 5.76 Å². The minimum absolute atomic E-state index is 0.0133. The fourth-order valence-electron chi connectivity index (χ4n) is 3.68. The molecule has 2 N–H and O–H groups in total. The van der Waals surface area contributed by atoms with Gasteiger partial charge in [-0.2, -0.15) is 0 Å². The number of benzene rings is 2. The van der Waals surface area contributed by atoms with Gasteiger partial charge < -0.3 is 24.6 Å². The molecule has 1 heterocycles. The topological polar surface area (TPSA) is 96.3 Å². The lowest BCUT2D eigenvalue weighted by molar-refractivity contribution is -0.140. The largest absolute Gasteiger partial charge is 0.507 e. The molecule has 0 bridgehead atoms. The van der Waals surface area contributed by atoms with Crippen molar-refractivity contribution in [2.45, 2.75) is 26.3 Å². The summed E-state index contributed by atoms with van der Waals surface area (Å²) in [4.78, 5) is 27.3. The van der Waals surface area contributed by atoms with E-state index in [0.29, 0.717) is 30.8 Å². The van der Waals surface area contributed by atoms with Gasteiger partial charge in [-0.3, -0.25) is 9.59 Å². The molecule has 0 spiro atoms. The van der Waals surface area contributed by atoms with Crippen LogP contribution in [0.4, 0.5) is 0 Å². The van der Waals surface area contributed by atoms with Gasteiger partial charge in [-0.1, -0.05) is 35.9 Å². The number of aliphatic hydroxyl groups excluding tert-OH is 1. The Labute approximate surface area is 181 Å². The Bertz CT molecular complexity index is 996. The zero-order valence-electron chi connectivity index (χ0n) is 17.9. The van der Waals surface area contributed by atoms with E-state index in [4.69, 9.17) is 9.47 Å². The third-order valence-corrected chi connectivity index (χ3v) is 5.21. The molecular formula is C24H27NO6. The Morgan fingerprint density at radius 3 is 2.48 bits per heavy atom. The lowest BCUT2D eigenvalue weighted by Gasteiger charge is -2.25. The summed E-state index contributed by atoms with van der Waals surface area (Å²) in [6, 6.07) is 10.9. The van der Waals surface area contributed by atoms with Crippen molar-refractivity contribution < 1.29 is 29.3 Å². The third kappa shape index (κ3) is 4.56. The number of phenols is 1. The van der Waals surface area contributed by atoms with Gasteiger partial charge in [-0.05, 0) is 38.0 Å². The number of aromatic hydroxyl groups is 1. The second-order valence-corrected chi connectivity index (χ2v) is 7.37. The maximum absolute atomic E-state index is 13.0. The first-order valence-corrected chi connectivity index (χ1v) is 10.2. The molecule has 1 saturated heterocycles. The van der Waals surface area contributed by atoms with Gasteiger partial charge >= 0.3 is 0 Å². The van der Waals surface area contributed by atoms with Gasteiger partial charge in [0.05, 0.1) is 18.2 Å². The van der Waals surface area contributed by atoms with Crippen LogP contribution in [0.5, 0.6) is 11.5 Å². The number of likely N-dealkylation sites (tertiary alicyclic amines) is 1. The first-order chi connectivity index (χ1) is 14.9. The number of nitrogens with zero attached hydrogens (tertiary/aromatic N) is 1. The van der Waals surface area contributed by atoms with E-state index in [2.05, 4.69) is 0 Å². The number of aliphatic hydroxyl groups is 1. The van der Waals surface area contributed by atoms with E-state index in [0.717, 1.165) is 5.56 Å². The van der Waals surface area contributed by atoms with Gasteiger partial charge in [0.1, 0.15) is 5.76 Å². The number of aryl methyl sites for hydroxylation is 1. The van der Waals surface area contributed by atoms with Crippen molar-refractivity contribution in [2.75, 3.05) is 26.9 Å². The molecule has 1 fully saturated rings. The number of phenolic OH excluding ortho intramolecular Hbond substituents is 1. The van der Waals surface area contributed by atoms with Crippen LogP contribution in [-0.4, -0.2) is 53.7 Å². The molecule has 0 aromatic heterocycles.